The van der Waals surface area contributed by atoms with E-state index in [0.29, 0.717) is 33.9 Å². The average Bonchev–Trinajstić information content (AvgIpc) is 2.99. The van der Waals surface area contributed by atoms with Crippen LogP contribution >= 0.6 is 23.2 Å². The Morgan fingerprint density at radius 3 is 2.63 bits per heavy atom. The molecule has 2 aromatic rings. The minimum atomic E-state index is -0.199. The second-order valence-corrected chi connectivity index (χ2v) is 8.38. The summed E-state index contributed by atoms with van der Waals surface area (Å²) in [7, 11) is 0. The van der Waals surface area contributed by atoms with Crippen LogP contribution in [0.1, 0.15) is 42.1 Å². The SMILES string of the molecule is Cc1ncc(C(=O)CC23CC(NC(=O)COc4ccc(Cl)c(Cl)c4)(C2)C3)o1. The summed E-state index contributed by atoms with van der Waals surface area (Å²) in [5.74, 6) is 1.07. The van der Waals surface area contributed by atoms with Crippen molar-refractivity contribution in [3.05, 3.63) is 46.1 Å². The maximum atomic E-state index is 12.3. The van der Waals surface area contributed by atoms with Gasteiger partial charge in [0, 0.05) is 24.9 Å². The molecule has 3 fully saturated rings. The summed E-state index contributed by atoms with van der Waals surface area (Å²) in [5.41, 5.74) is -0.217. The summed E-state index contributed by atoms with van der Waals surface area (Å²) >= 11 is 11.8. The minimum absolute atomic E-state index is 0.0182. The number of Topliss-reactive ketones (excluding diaryl/α,β-unsaturated/α-hetero) is 1. The number of rotatable bonds is 7. The monoisotopic (exact) mass is 408 g/mol. The van der Waals surface area contributed by atoms with Crippen molar-refractivity contribution in [2.45, 2.75) is 38.1 Å². The van der Waals surface area contributed by atoms with Crippen molar-refractivity contribution in [2.75, 3.05) is 6.61 Å². The number of oxazole rings is 1. The molecule has 0 radical (unpaired) electrons. The molecule has 1 aromatic heterocycles. The molecule has 8 heteroatoms. The van der Waals surface area contributed by atoms with Gasteiger partial charge in [0.25, 0.3) is 5.91 Å². The zero-order valence-corrected chi connectivity index (χ0v) is 16.2. The summed E-state index contributed by atoms with van der Waals surface area (Å²) < 4.78 is 10.7. The Balaban J connectivity index is 1.23. The van der Waals surface area contributed by atoms with Gasteiger partial charge in [0.15, 0.2) is 24.0 Å². The van der Waals surface area contributed by atoms with E-state index >= 15 is 0 Å². The van der Waals surface area contributed by atoms with E-state index in [2.05, 4.69) is 10.3 Å². The van der Waals surface area contributed by atoms with E-state index in [9.17, 15) is 9.59 Å². The molecule has 0 saturated heterocycles. The number of halogens is 2. The first kappa shape index (κ1) is 18.3. The number of benzene rings is 1. The zero-order valence-electron chi connectivity index (χ0n) is 14.7. The van der Waals surface area contributed by atoms with Gasteiger partial charge in [-0.25, -0.2) is 4.98 Å². The van der Waals surface area contributed by atoms with Gasteiger partial charge in [0.2, 0.25) is 0 Å². The molecular weight excluding hydrogens is 391 g/mol. The van der Waals surface area contributed by atoms with E-state index < -0.39 is 0 Å². The Hall–Kier alpha value is -2.05. The number of amides is 1. The Labute approximate surface area is 166 Å². The van der Waals surface area contributed by atoms with Crippen molar-refractivity contribution < 1.29 is 18.7 Å². The fraction of sp³-hybridized carbons (Fsp3) is 0.421. The Morgan fingerprint density at radius 1 is 1.26 bits per heavy atom. The molecule has 0 atom stereocenters. The third-order valence-corrected chi connectivity index (χ3v) is 5.98. The van der Waals surface area contributed by atoms with Crippen molar-refractivity contribution in [2.24, 2.45) is 5.41 Å². The molecule has 0 unspecified atom stereocenters. The lowest BCUT2D eigenvalue weighted by Gasteiger charge is -2.70. The highest BCUT2D eigenvalue weighted by molar-refractivity contribution is 6.42. The molecule has 142 valence electrons. The van der Waals surface area contributed by atoms with Crippen LogP contribution in [0.5, 0.6) is 5.75 Å². The van der Waals surface area contributed by atoms with E-state index in [1.165, 1.54) is 6.20 Å². The third kappa shape index (κ3) is 3.56. The van der Waals surface area contributed by atoms with E-state index in [1.807, 2.05) is 0 Å². The second-order valence-electron chi connectivity index (χ2n) is 7.57. The molecule has 3 saturated carbocycles. The van der Waals surface area contributed by atoms with Crippen molar-refractivity contribution in [3.63, 3.8) is 0 Å². The number of aromatic nitrogens is 1. The highest BCUT2D eigenvalue weighted by Crippen LogP contribution is 2.69. The standard InChI is InChI=1S/C19H18Cl2N2O4/c1-11-22-6-16(27-11)15(24)5-18-8-19(9-18,10-18)23-17(25)7-26-12-2-3-13(20)14(21)4-12/h2-4,6H,5,7-10H2,1H3,(H,23,25). The van der Waals surface area contributed by atoms with Gasteiger partial charge in [-0.1, -0.05) is 23.2 Å². The van der Waals surface area contributed by atoms with Crippen LogP contribution in [0.25, 0.3) is 0 Å². The fourth-order valence-corrected chi connectivity index (χ4v) is 4.57. The molecule has 3 aliphatic carbocycles. The van der Waals surface area contributed by atoms with Gasteiger partial charge in [-0.2, -0.15) is 0 Å². The Bertz CT molecular complexity index is 904. The molecule has 6 nitrogen and oxygen atoms in total. The number of hydrogen-bond acceptors (Lipinski definition) is 5. The van der Waals surface area contributed by atoms with Crippen LogP contribution in [0, 0.1) is 12.3 Å². The largest absolute Gasteiger partial charge is 0.484 e. The van der Waals surface area contributed by atoms with Gasteiger partial charge in [-0.3, -0.25) is 9.59 Å². The van der Waals surface area contributed by atoms with Crippen LogP contribution in [0.4, 0.5) is 0 Å². The fourth-order valence-electron chi connectivity index (χ4n) is 4.28. The van der Waals surface area contributed by atoms with Crippen LogP contribution in [0.3, 0.4) is 0 Å². The lowest BCUT2D eigenvalue weighted by Crippen LogP contribution is -2.75. The van der Waals surface area contributed by atoms with E-state index in [-0.39, 0.29) is 29.3 Å². The van der Waals surface area contributed by atoms with Crippen LogP contribution in [0.15, 0.2) is 28.8 Å². The Kier molecular flexibility index (Phi) is 4.43. The van der Waals surface area contributed by atoms with Gasteiger partial charge in [-0.15, -0.1) is 0 Å². The van der Waals surface area contributed by atoms with Crippen molar-refractivity contribution >= 4 is 34.9 Å². The first-order chi connectivity index (χ1) is 12.8. The molecule has 1 heterocycles. The number of carbonyl (C=O) groups excluding carboxylic acids is 2. The van der Waals surface area contributed by atoms with Gasteiger partial charge < -0.3 is 14.5 Å². The summed E-state index contributed by atoms with van der Waals surface area (Å²) in [4.78, 5) is 28.4. The van der Waals surface area contributed by atoms with Crippen LogP contribution in [-0.4, -0.2) is 28.8 Å². The number of nitrogens with zero attached hydrogens (tertiary/aromatic N) is 1. The highest BCUT2D eigenvalue weighted by atomic mass is 35.5. The molecule has 1 aromatic carbocycles. The van der Waals surface area contributed by atoms with Crippen LogP contribution in [-0.2, 0) is 4.79 Å². The van der Waals surface area contributed by atoms with E-state index in [0.717, 1.165) is 19.3 Å². The topological polar surface area (TPSA) is 81.4 Å². The molecule has 1 N–H and O–H groups in total. The Morgan fingerprint density at radius 2 is 2.00 bits per heavy atom. The molecule has 5 rings (SSSR count). The maximum absolute atomic E-state index is 12.3. The molecule has 0 spiro atoms. The molecular formula is C19H18Cl2N2O4. The van der Waals surface area contributed by atoms with Crippen molar-refractivity contribution in [3.8, 4) is 5.75 Å². The van der Waals surface area contributed by atoms with Crippen LogP contribution in [0.2, 0.25) is 10.0 Å². The van der Waals surface area contributed by atoms with Crippen molar-refractivity contribution in [1.82, 2.24) is 10.3 Å². The lowest BCUT2D eigenvalue weighted by atomic mass is 9.38. The first-order valence-corrected chi connectivity index (χ1v) is 9.38. The number of ether oxygens (including phenoxy) is 1. The first-order valence-electron chi connectivity index (χ1n) is 8.63. The molecule has 0 aliphatic heterocycles. The summed E-state index contributed by atoms with van der Waals surface area (Å²) in [6, 6.07) is 4.85. The minimum Gasteiger partial charge on any atom is -0.484 e. The third-order valence-electron chi connectivity index (χ3n) is 5.24. The van der Waals surface area contributed by atoms with Crippen molar-refractivity contribution in [1.29, 1.82) is 0 Å². The van der Waals surface area contributed by atoms with Gasteiger partial charge >= 0.3 is 0 Å². The average molecular weight is 409 g/mol. The zero-order chi connectivity index (χ0) is 19.2. The maximum Gasteiger partial charge on any atom is 0.258 e. The summed E-state index contributed by atoms with van der Waals surface area (Å²) in [6.45, 7) is 1.62. The predicted octanol–water partition coefficient (Wildman–Crippen LogP) is 3.98. The normalized spacial score (nSPS) is 25.3. The van der Waals surface area contributed by atoms with E-state index in [4.69, 9.17) is 32.4 Å². The molecule has 27 heavy (non-hydrogen) atoms. The number of ketones is 1. The summed E-state index contributed by atoms with van der Waals surface area (Å²) in [5, 5.41) is 3.84. The number of nitrogens with one attached hydrogen (secondary N) is 1. The number of aryl methyl sites for hydroxylation is 1. The molecule has 3 aliphatic rings. The van der Waals surface area contributed by atoms with Crippen LogP contribution < -0.4 is 10.1 Å². The quantitative estimate of drug-likeness (QED) is 0.700. The van der Waals surface area contributed by atoms with Gasteiger partial charge in [0.05, 0.1) is 16.2 Å². The summed E-state index contributed by atoms with van der Waals surface area (Å²) in [6.07, 6.45) is 4.31. The second kappa shape index (κ2) is 6.53. The predicted molar refractivity (Wildman–Crippen MR) is 99.3 cm³/mol. The number of hydrogen-bond donors (Lipinski definition) is 1. The van der Waals surface area contributed by atoms with Gasteiger partial charge in [-0.05, 0) is 36.8 Å². The van der Waals surface area contributed by atoms with E-state index in [1.54, 1.807) is 25.1 Å². The van der Waals surface area contributed by atoms with Gasteiger partial charge in [0.1, 0.15) is 5.75 Å². The lowest BCUT2D eigenvalue weighted by molar-refractivity contribution is -0.164. The smallest absolute Gasteiger partial charge is 0.258 e. The number of carbonyl (C=O) groups is 2. The highest BCUT2D eigenvalue weighted by Gasteiger charge is 2.68. The molecule has 1 amide bonds. The molecule has 2 bridgehead atoms.